The molecule has 1 unspecified atom stereocenters. The van der Waals surface area contributed by atoms with Crippen molar-refractivity contribution in [2.75, 3.05) is 19.5 Å². The highest BCUT2D eigenvalue weighted by atomic mass is 32.2. The fourth-order valence-corrected chi connectivity index (χ4v) is 3.96. The molecule has 9 heteroatoms. The lowest BCUT2D eigenvalue weighted by Gasteiger charge is -2.15. The second-order valence-electron chi connectivity index (χ2n) is 6.84. The zero-order chi connectivity index (χ0) is 23.2. The number of aromatic nitrogens is 2. The van der Waals surface area contributed by atoms with E-state index in [4.69, 9.17) is 13.9 Å². The highest BCUT2D eigenvalue weighted by molar-refractivity contribution is 8.00. The van der Waals surface area contributed by atoms with Crippen LogP contribution in [0.5, 0.6) is 11.5 Å². The molecule has 0 saturated carbocycles. The first-order chi connectivity index (χ1) is 16.1. The minimum Gasteiger partial charge on any atom is -0.497 e. The number of hydrogen-bond acceptors (Lipinski definition) is 7. The Bertz CT molecular complexity index is 1230. The predicted octanol–water partition coefficient (Wildman–Crippen LogP) is 5.37. The van der Waals surface area contributed by atoms with Crippen molar-refractivity contribution in [3.8, 4) is 23.0 Å². The lowest BCUT2D eigenvalue weighted by Crippen LogP contribution is -2.19. The lowest BCUT2D eigenvalue weighted by molar-refractivity contribution is -0.115. The van der Waals surface area contributed by atoms with Crippen LogP contribution in [-0.2, 0) is 4.79 Å². The standard InChI is InChI=1S/C24H20FN3O4S/c1-30-18-12-13-19(20(14-18)31-2)23-27-28-24(32-23)33-21(15-6-4-3-5-7-15)22(29)26-17-10-8-16(25)9-11-17/h3-14,21H,1-2H3,(H,26,29). The van der Waals surface area contributed by atoms with Crippen molar-refractivity contribution in [1.29, 1.82) is 0 Å². The molecule has 33 heavy (non-hydrogen) atoms. The molecule has 0 saturated heterocycles. The number of carbonyl (C=O) groups excluding carboxylic acids is 1. The van der Waals surface area contributed by atoms with Gasteiger partial charge in [-0.15, -0.1) is 10.2 Å². The number of hydrogen-bond donors (Lipinski definition) is 1. The van der Waals surface area contributed by atoms with Gasteiger partial charge in [0.25, 0.3) is 11.1 Å². The highest BCUT2D eigenvalue weighted by Gasteiger charge is 2.26. The van der Waals surface area contributed by atoms with Gasteiger partial charge in [0.1, 0.15) is 22.6 Å². The highest BCUT2D eigenvalue weighted by Crippen LogP contribution is 2.38. The number of carbonyl (C=O) groups is 1. The predicted molar refractivity (Wildman–Crippen MR) is 123 cm³/mol. The fourth-order valence-electron chi connectivity index (χ4n) is 3.08. The van der Waals surface area contributed by atoms with E-state index in [1.165, 1.54) is 31.4 Å². The average Bonchev–Trinajstić information content (AvgIpc) is 3.32. The van der Waals surface area contributed by atoms with Gasteiger partial charge >= 0.3 is 0 Å². The molecule has 168 valence electrons. The zero-order valence-electron chi connectivity index (χ0n) is 17.8. The Balaban J connectivity index is 1.59. The van der Waals surface area contributed by atoms with Crippen molar-refractivity contribution in [2.45, 2.75) is 10.5 Å². The molecule has 0 fully saturated rings. The van der Waals surface area contributed by atoms with Crippen LogP contribution in [0, 0.1) is 5.82 Å². The smallest absolute Gasteiger partial charge is 0.277 e. The number of methoxy groups -OCH3 is 2. The number of ether oxygens (including phenoxy) is 2. The maximum atomic E-state index is 13.2. The Morgan fingerprint density at radius 3 is 2.45 bits per heavy atom. The van der Waals surface area contributed by atoms with E-state index in [0.717, 1.165) is 17.3 Å². The van der Waals surface area contributed by atoms with Crippen LogP contribution in [0.3, 0.4) is 0 Å². The molecule has 1 heterocycles. The molecule has 1 aromatic heterocycles. The number of benzene rings is 3. The second kappa shape index (κ2) is 10.2. The maximum absolute atomic E-state index is 13.2. The molecule has 4 rings (SSSR count). The van der Waals surface area contributed by atoms with Gasteiger partial charge in [0, 0.05) is 11.8 Å². The van der Waals surface area contributed by atoms with E-state index in [2.05, 4.69) is 15.5 Å². The third kappa shape index (κ3) is 5.32. The van der Waals surface area contributed by atoms with Gasteiger partial charge in [-0.05, 0) is 53.7 Å². The molecule has 1 atom stereocenters. The van der Waals surface area contributed by atoms with E-state index in [0.29, 0.717) is 22.7 Å². The van der Waals surface area contributed by atoms with Gasteiger partial charge in [0.2, 0.25) is 5.91 Å². The van der Waals surface area contributed by atoms with E-state index in [1.54, 1.807) is 25.3 Å². The van der Waals surface area contributed by atoms with E-state index in [-0.39, 0.29) is 22.8 Å². The van der Waals surface area contributed by atoms with Crippen LogP contribution in [0.1, 0.15) is 10.8 Å². The van der Waals surface area contributed by atoms with Gasteiger partial charge in [-0.2, -0.15) is 0 Å². The van der Waals surface area contributed by atoms with Crippen LogP contribution in [-0.4, -0.2) is 30.3 Å². The fraction of sp³-hybridized carbons (Fsp3) is 0.125. The van der Waals surface area contributed by atoms with E-state index in [9.17, 15) is 9.18 Å². The van der Waals surface area contributed by atoms with E-state index in [1.807, 2.05) is 30.3 Å². The van der Waals surface area contributed by atoms with Crippen LogP contribution in [0.15, 0.2) is 82.4 Å². The first kappa shape index (κ1) is 22.3. The van der Waals surface area contributed by atoms with Gasteiger partial charge in [-0.1, -0.05) is 30.3 Å². The Hall–Kier alpha value is -3.85. The topological polar surface area (TPSA) is 86.5 Å². The number of anilines is 1. The van der Waals surface area contributed by atoms with E-state index < -0.39 is 5.25 Å². The summed E-state index contributed by atoms with van der Waals surface area (Å²) in [4.78, 5) is 13.1. The summed E-state index contributed by atoms with van der Waals surface area (Å²) in [5, 5.41) is 10.6. The average molecular weight is 466 g/mol. The molecule has 4 aromatic rings. The SMILES string of the molecule is COc1ccc(-c2nnc(SC(C(=O)Nc3ccc(F)cc3)c3ccccc3)o2)c(OC)c1. The summed E-state index contributed by atoms with van der Waals surface area (Å²) < 4.78 is 29.7. The molecule has 7 nitrogen and oxygen atoms in total. The molecule has 3 aromatic carbocycles. The Kier molecular flexibility index (Phi) is 6.89. The monoisotopic (exact) mass is 465 g/mol. The first-order valence-corrected chi connectivity index (χ1v) is 10.8. The van der Waals surface area contributed by atoms with Gasteiger partial charge in [-0.3, -0.25) is 4.79 Å². The Morgan fingerprint density at radius 2 is 1.76 bits per heavy atom. The second-order valence-corrected chi connectivity index (χ2v) is 7.90. The molecule has 1 N–H and O–H groups in total. The van der Waals surface area contributed by atoms with Crippen LogP contribution in [0.4, 0.5) is 10.1 Å². The normalized spacial score (nSPS) is 11.6. The largest absolute Gasteiger partial charge is 0.497 e. The van der Waals surface area contributed by atoms with Crippen LogP contribution in [0.2, 0.25) is 0 Å². The van der Waals surface area contributed by atoms with Crippen molar-refractivity contribution in [2.24, 2.45) is 0 Å². The van der Waals surface area contributed by atoms with Crippen LogP contribution < -0.4 is 14.8 Å². The van der Waals surface area contributed by atoms with Gasteiger partial charge in [0.15, 0.2) is 0 Å². The number of thioether (sulfide) groups is 1. The van der Waals surface area contributed by atoms with Crippen LogP contribution >= 0.6 is 11.8 Å². The number of amides is 1. The van der Waals surface area contributed by atoms with Crippen molar-refractivity contribution < 1.29 is 23.1 Å². The summed E-state index contributed by atoms with van der Waals surface area (Å²) >= 11 is 1.12. The van der Waals surface area contributed by atoms with Gasteiger partial charge in [0.05, 0.1) is 19.8 Å². The van der Waals surface area contributed by atoms with Crippen molar-refractivity contribution in [3.05, 3.63) is 84.2 Å². The summed E-state index contributed by atoms with van der Waals surface area (Å²) in [5.74, 6) is 0.714. The molecule has 0 radical (unpaired) electrons. The minimum absolute atomic E-state index is 0.214. The van der Waals surface area contributed by atoms with Crippen LogP contribution in [0.25, 0.3) is 11.5 Å². The quantitative estimate of drug-likeness (QED) is 0.350. The number of halogens is 1. The summed E-state index contributed by atoms with van der Waals surface area (Å²) in [5.41, 5.74) is 1.84. The molecule has 1 amide bonds. The lowest BCUT2D eigenvalue weighted by atomic mass is 10.1. The van der Waals surface area contributed by atoms with Gasteiger partial charge < -0.3 is 19.2 Å². The number of nitrogens with zero attached hydrogens (tertiary/aromatic N) is 2. The molecular weight excluding hydrogens is 445 g/mol. The maximum Gasteiger partial charge on any atom is 0.277 e. The zero-order valence-corrected chi connectivity index (χ0v) is 18.6. The van der Waals surface area contributed by atoms with Crippen molar-refractivity contribution >= 4 is 23.4 Å². The first-order valence-electron chi connectivity index (χ1n) is 9.91. The van der Waals surface area contributed by atoms with Crippen molar-refractivity contribution in [1.82, 2.24) is 10.2 Å². The molecule has 0 aliphatic heterocycles. The minimum atomic E-state index is -0.678. The van der Waals surface area contributed by atoms with Gasteiger partial charge in [-0.25, -0.2) is 4.39 Å². The summed E-state index contributed by atoms with van der Waals surface area (Å²) in [7, 11) is 3.10. The Labute approximate surface area is 193 Å². The van der Waals surface area contributed by atoms with Crippen molar-refractivity contribution in [3.63, 3.8) is 0 Å². The summed E-state index contributed by atoms with van der Waals surface area (Å²) in [6.07, 6.45) is 0. The molecule has 0 aliphatic carbocycles. The summed E-state index contributed by atoms with van der Waals surface area (Å²) in [6, 6.07) is 20.0. The number of rotatable bonds is 8. The summed E-state index contributed by atoms with van der Waals surface area (Å²) in [6.45, 7) is 0. The molecular formula is C24H20FN3O4S. The molecule has 0 aliphatic rings. The number of nitrogens with one attached hydrogen (secondary N) is 1. The molecule has 0 spiro atoms. The third-order valence-corrected chi connectivity index (χ3v) is 5.81. The Morgan fingerprint density at radius 1 is 1.00 bits per heavy atom. The van der Waals surface area contributed by atoms with E-state index >= 15 is 0 Å². The third-order valence-electron chi connectivity index (χ3n) is 4.72. The molecule has 0 bridgehead atoms.